The SMILES string of the molecule is CC(C)(C)OC(=O)N[C@@H]1CNC[C@H]1c1cc(F)c(F)cc1F. The number of alkyl carbamates (subject to hydrolysis) is 1. The first-order valence-electron chi connectivity index (χ1n) is 7.02. The van der Waals surface area contributed by atoms with Crippen LogP contribution < -0.4 is 10.6 Å². The molecule has 0 aliphatic carbocycles. The normalized spacial score (nSPS) is 21.7. The van der Waals surface area contributed by atoms with E-state index >= 15 is 0 Å². The van der Waals surface area contributed by atoms with Crippen LogP contribution in [0, 0.1) is 17.5 Å². The molecule has 1 heterocycles. The van der Waals surface area contributed by atoms with Gasteiger partial charge in [0.05, 0.1) is 6.04 Å². The molecule has 7 heteroatoms. The Balaban J connectivity index is 2.14. The number of rotatable bonds is 2. The third-order valence-corrected chi connectivity index (χ3v) is 3.36. The molecule has 1 aliphatic rings. The molecule has 1 fully saturated rings. The molecule has 0 radical (unpaired) electrons. The zero-order chi connectivity index (χ0) is 16.5. The first-order valence-corrected chi connectivity index (χ1v) is 7.02. The minimum Gasteiger partial charge on any atom is -0.444 e. The molecule has 0 unspecified atom stereocenters. The number of carbonyl (C=O) groups excluding carboxylic acids is 1. The van der Waals surface area contributed by atoms with Crippen LogP contribution in [-0.4, -0.2) is 30.8 Å². The Morgan fingerprint density at radius 1 is 1.18 bits per heavy atom. The lowest BCUT2D eigenvalue weighted by atomic mass is 9.93. The van der Waals surface area contributed by atoms with Crippen molar-refractivity contribution >= 4 is 6.09 Å². The molecular formula is C15H19F3N2O2. The highest BCUT2D eigenvalue weighted by molar-refractivity contribution is 5.68. The van der Waals surface area contributed by atoms with Crippen LogP contribution in [-0.2, 0) is 4.74 Å². The average Bonchev–Trinajstić information content (AvgIpc) is 2.79. The first-order chi connectivity index (χ1) is 10.2. The highest BCUT2D eigenvalue weighted by Gasteiger charge is 2.33. The number of carbonyl (C=O) groups is 1. The molecule has 22 heavy (non-hydrogen) atoms. The van der Waals surface area contributed by atoms with Gasteiger partial charge in [0.2, 0.25) is 0 Å². The van der Waals surface area contributed by atoms with Crippen LogP contribution in [0.1, 0.15) is 32.3 Å². The van der Waals surface area contributed by atoms with Crippen LogP contribution in [0.5, 0.6) is 0 Å². The molecule has 1 aromatic carbocycles. The van der Waals surface area contributed by atoms with E-state index in [1.165, 1.54) is 0 Å². The van der Waals surface area contributed by atoms with Gasteiger partial charge in [0, 0.05) is 25.1 Å². The van der Waals surface area contributed by atoms with Gasteiger partial charge >= 0.3 is 6.09 Å². The molecule has 2 rings (SSSR count). The molecule has 1 amide bonds. The van der Waals surface area contributed by atoms with Gasteiger partial charge in [-0.05, 0) is 32.4 Å². The van der Waals surface area contributed by atoms with Crippen LogP contribution >= 0.6 is 0 Å². The largest absolute Gasteiger partial charge is 0.444 e. The Bertz CT molecular complexity index is 573. The van der Waals surface area contributed by atoms with Crippen LogP contribution in [0.4, 0.5) is 18.0 Å². The maximum atomic E-state index is 13.9. The van der Waals surface area contributed by atoms with Crippen LogP contribution in [0.3, 0.4) is 0 Å². The molecule has 2 atom stereocenters. The van der Waals surface area contributed by atoms with Crippen LogP contribution in [0.2, 0.25) is 0 Å². The number of benzene rings is 1. The minimum atomic E-state index is -1.23. The van der Waals surface area contributed by atoms with Gasteiger partial charge in [0.1, 0.15) is 11.4 Å². The number of hydrogen-bond acceptors (Lipinski definition) is 3. The molecule has 4 nitrogen and oxygen atoms in total. The van der Waals surface area contributed by atoms with Gasteiger partial charge < -0.3 is 15.4 Å². The molecule has 122 valence electrons. The van der Waals surface area contributed by atoms with Crippen LogP contribution in [0.25, 0.3) is 0 Å². The van der Waals surface area contributed by atoms with Crippen LogP contribution in [0.15, 0.2) is 12.1 Å². The lowest BCUT2D eigenvalue weighted by Crippen LogP contribution is -2.42. The number of ether oxygens (including phenoxy) is 1. The fourth-order valence-corrected chi connectivity index (χ4v) is 2.44. The third-order valence-electron chi connectivity index (χ3n) is 3.36. The van der Waals surface area contributed by atoms with Crippen molar-refractivity contribution in [1.82, 2.24) is 10.6 Å². The van der Waals surface area contributed by atoms with Gasteiger partial charge in [-0.15, -0.1) is 0 Å². The van der Waals surface area contributed by atoms with Crippen molar-refractivity contribution in [2.24, 2.45) is 0 Å². The van der Waals surface area contributed by atoms with Crippen molar-refractivity contribution in [1.29, 1.82) is 0 Å². The maximum Gasteiger partial charge on any atom is 0.407 e. The van der Waals surface area contributed by atoms with E-state index in [2.05, 4.69) is 10.6 Å². The van der Waals surface area contributed by atoms with Crippen molar-refractivity contribution in [3.05, 3.63) is 35.1 Å². The summed E-state index contributed by atoms with van der Waals surface area (Å²) in [6.45, 7) is 5.93. The van der Waals surface area contributed by atoms with Crippen molar-refractivity contribution in [2.45, 2.75) is 38.3 Å². The average molecular weight is 316 g/mol. The topological polar surface area (TPSA) is 50.4 Å². The Kier molecular flexibility index (Phi) is 4.65. The monoisotopic (exact) mass is 316 g/mol. The molecule has 0 spiro atoms. The van der Waals surface area contributed by atoms with Crippen molar-refractivity contribution in [3.8, 4) is 0 Å². The zero-order valence-electron chi connectivity index (χ0n) is 12.7. The van der Waals surface area contributed by atoms with E-state index in [1.807, 2.05) is 0 Å². The minimum absolute atomic E-state index is 0.0324. The van der Waals surface area contributed by atoms with Gasteiger partial charge in [-0.3, -0.25) is 0 Å². The second kappa shape index (κ2) is 6.16. The van der Waals surface area contributed by atoms with E-state index < -0.39 is 41.1 Å². The number of hydrogen-bond donors (Lipinski definition) is 2. The van der Waals surface area contributed by atoms with E-state index in [1.54, 1.807) is 20.8 Å². The molecular weight excluding hydrogens is 297 g/mol. The van der Waals surface area contributed by atoms with E-state index in [0.717, 1.165) is 6.07 Å². The molecule has 1 aromatic rings. The van der Waals surface area contributed by atoms with Gasteiger partial charge in [-0.1, -0.05) is 0 Å². The van der Waals surface area contributed by atoms with Gasteiger partial charge in [-0.2, -0.15) is 0 Å². The Morgan fingerprint density at radius 3 is 2.45 bits per heavy atom. The summed E-state index contributed by atoms with van der Waals surface area (Å²) in [5.41, 5.74) is -0.622. The summed E-state index contributed by atoms with van der Waals surface area (Å²) in [6, 6.07) is 0.897. The molecule has 0 bridgehead atoms. The highest BCUT2D eigenvalue weighted by atomic mass is 19.2. The lowest BCUT2D eigenvalue weighted by Gasteiger charge is -2.24. The van der Waals surface area contributed by atoms with Crippen molar-refractivity contribution < 1.29 is 22.7 Å². The summed E-state index contributed by atoms with van der Waals surface area (Å²) in [7, 11) is 0. The fraction of sp³-hybridized carbons (Fsp3) is 0.533. The van der Waals surface area contributed by atoms with E-state index in [9.17, 15) is 18.0 Å². The molecule has 1 aliphatic heterocycles. The second-order valence-electron chi connectivity index (χ2n) is 6.31. The molecule has 1 saturated heterocycles. The zero-order valence-corrected chi connectivity index (χ0v) is 12.7. The van der Waals surface area contributed by atoms with Gasteiger partial charge in [-0.25, -0.2) is 18.0 Å². The summed E-state index contributed by atoms with van der Waals surface area (Å²) in [5.74, 6) is -3.67. The predicted molar refractivity (Wildman–Crippen MR) is 75.1 cm³/mol. The number of amides is 1. The summed E-state index contributed by atoms with van der Waals surface area (Å²) >= 11 is 0. The predicted octanol–water partition coefficient (Wildman–Crippen LogP) is 2.68. The standard InChI is InChI=1S/C15H19F3N2O2/c1-15(2,3)22-14(21)20-13-7-19-6-9(13)8-4-11(17)12(18)5-10(8)16/h4-5,9,13,19H,6-7H2,1-3H3,(H,20,21)/t9-,13+/m0/s1. The molecule has 0 saturated carbocycles. The van der Waals surface area contributed by atoms with Gasteiger partial charge in [0.15, 0.2) is 11.6 Å². The maximum absolute atomic E-state index is 13.9. The Hall–Kier alpha value is -1.76. The highest BCUT2D eigenvalue weighted by Crippen LogP contribution is 2.27. The smallest absolute Gasteiger partial charge is 0.407 e. The van der Waals surface area contributed by atoms with E-state index in [4.69, 9.17) is 4.74 Å². The summed E-state index contributed by atoms with van der Waals surface area (Å²) in [6.07, 6.45) is -0.630. The summed E-state index contributed by atoms with van der Waals surface area (Å²) < 4.78 is 45.4. The number of halogens is 3. The van der Waals surface area contributed by atoms with Crippen molar-refractivity contribution in [3.63, 3.8) is 0 Å². The van der Waals surface area contributed by atoms with E-state index in [0.29, 0.717) is 19.2 Å². The summed E-state index contributed by atoms with van der Waals surface area (Å²) in [4.78, 5) is 11.8. The quantitative estimate of drug-likeness (QED) is 0.825. The lowest BCUT2D eigenvalue weighted by molar-refractivity contribution is 0.0504. The van der Waals surface area contributed by atoms with Crippen molar-refractivity contribution in [2.75, 3.05) is 13.1 Å². The van der Waals surface area contributed by atoms with E-state index in [-0.39, 0.29) is 5.56 Å². The van der Waals surface area contributed by atoms with Gasteiger partial charge in [0.25, 0.3) is 0 Å². The first kappa shape index (κ1) is 16.6. The second-order valence-corrected chi connectivity index (χ2v) is 6.31. The third kappa shape index (κ3) is 3.91. The summed E-state index contributed by atoms with van der Waals surface area (Å²) in [5, 5.41) is 5.64. The Labute approximate surface area is 127 Å². The number of nitrogens with one attached hydrogen (secondary N) is 2. The fourth-order valence-electron chi connectivity index (χ4n) is 2.44. The molecule has 0 aromatic heterocycles. The molecule has 2 N–H and O–H groups in total. The Morgan fingerprint density at radius 2 is 1.82 bits per heavy atom.